The molecule has 1 aromatic rings. The van der Waals surface area contributed by atoms with Crippen LogP contribution in [0.25, 0.3) is 0 Å². The summed E-state index contributed by atoms with van der Waals surface area (Å²) in [6.45, 7) is 10.1. The first-order valence-corrected chi connectivity index (χ1v) is 7.36. The lowest BCUT2D eigenvalue weighted by Gasteiger charge is -2.24. The molecule has 18 heavy (non-hydrogen) atoms. The van der Waals surface area contributed by atoms with Gasteiger partial charge < -0.3 is 5.32 Å². The normalized spacial score (nSPS) is 12.9. The van der Waals surface area contributed by atoms with Crippen LogP contribution >= 0.6 is 0 Å². The number of pyridine rings is 1. The van der Waals surface area contributed by atoms with Gasteiger partial charge in [0.25, 0.3) is 0 Å². The summed E-state index contributed by atoms with van der Waals surface area (Å²) >= 11 is 0. The average Bonchev–Trinajstić information content (AvgIpc) is 2.40. The van der Waals surface area contributed by atoms with Crippen LogP contribution < -0.4 is 5.32 Å². The number of hydrogen-bond donors (Lipinski definition) is 1. The standard InChI is InChI=1S/C16H28N2/c1-5-9-18-16(11-14(6-2)7-3)15-8-10-17-12-13(15)4/h8,10,12,14,16,18H,5-7,9,11H2,1-4H3. The molecule has 0 saturated heterocycles. The molecule has 1 rings (SSSR count). The maximum atomic E-state index is 4.20. The summed E-state index contributed by atoms with van der Waals surface area (Å²) in [6.07, 6.45) is 8.84. The van der Waals surface area contributed by atoms with Crippen LogP contribution in [0, 0.1) is 12.8 Å². The van der Waals surface area contributed by atoms with Crippen molar-refractivity contribution in [1.82, 2.24) is 10.3 Å². The molecule has 2 nitrogen and oxygen atoms in total. The van der Waals surface area contributed by atoms with Crippen LogP contribution in [-0.2, 0) is 0 Å². The smallest absolute Gasteiger partial charge is 0.0326 e. The van der Waals surface area contributed by atoms with Crippen molar-refractivity contribution in [3.05, 3.63) is 29.6 Å². The highest BCUT2D eigenvalue weighted by Gasteiger charge is 2.17. The fourth-order valence-electron chi connectivity index (χ4n) is 2.47. The molecule has 1 aromatic heterocycles. The van der Waals surface area contributed by atoms with Crippen molar-refractivity contribution in [3.63, 3.8) is 0 Å². The Kier molecular flexibility index (Phi) is 6.96. The number of nitrogens with zero attached hydrogens (tertiary/aromatic N) is 1. The Hall–Kier alpha value is -0.890. The molecule has 1 heterocycles. The summed E-state index contributed by atoms with van der Waals surface area (Å²) in [7, 11) is 0. The van der Waals surface area contributed by atoms with E-state index in [0.29, 0.717) is 6.04 Å². The van der Waals surface area contributed by atoms with Crippen LogP contribution in [0.5, 0.6) is 0 Å². The molecular formula is C16H28N2. The second kappa shape index (κ2) is 8.25. The summed E-state index contributed by atoms with van der Waals surface area (Å²) < 4.78 is 0. The third-order valence-corrected chi connectivity index (χ3v) is 3.80. The van der Waals surface area contributed by atoms with E-state index in [1.807, 2.05) is 12.4 Å². The molecule has 0 amide bonds. The van der Waals surface area contributed by atoms with E-state index in [1.54, 1.807) is 0 Å². The first-order valence-electron chi connectivity index (χ1n) is 7.36. The van der Waals surface area contributed by atoms with E-state index in [2.05, 4.69) is 44.1 Å². The van der Waals surface area contributed by atoms with Crippen LogP contribution in [0.3, 0.4) is 0 Å². The molecule has 2 heteroatoms. The SMILES string of the molecule is CCCNC(CC(CC)CC)c1ccncc1C. The molecule has 0 aliphatic rings. The van der Waals surface area contributed by atoms with E-state index in [1.165, 1.54) is 36.8 Å². The molecule has 1 N–H and O–H groups in total. The van der Waals surface area contributed by atoms with Gasteiger partial charge in [0.05, 0.1) is 0 Å². The lowest BCUT2D eigenvalue weighted by molar-refractivity contribution is 0.370. The summed E-state index contributed by atoms with van der Waals surface area (Å²) in [5, 5.41) is 3.70. The first-order chi connectivity index (χ1) is 8.72. The average molecular weight is 248 g/mol. The van der Waals surface area contributed by atoms with Gasteiger partial charge in [0, 0.05) is 18.4 Å². The molecule has 0 saturated carbocycles. The summed E-state index contributed by atoms with van der Waals surface area (Å²) in [5.74, 6) is 0.812. The van der Waals surface area contributed by atoms with Crippen LogP contribution in [0.15, 0.2) is 18.5 Å². The predicted octanol–water partition coefficient (Wildman–Crippen LogP) is 4.26. The quantitative estimate of drug-likeness (QED) is 0.743. The van der Waals surface area contributed by atoms with Crippen molar-refractivity contribution in [2.45, 2.75) is 59.4 Å². The molecule has 1 unspecified atom stereocenters. The number of hydrogen-bond acceptors (Lipinski definition) is 2. The molecule has 0 aliphatic heterocycles. The molecule has 0 spiro atoms. The zero-order chi connectivity index (χ0) is 13.4. The second-order valence-electron chi connectivity index (χ2n) is 5.16. The minimum atomic E-state index is 0.484. The van der Waals surface area contributed by atoms with Gasteiger partial charge >= 0.3 is 0 Å². The molecule has 0 aromatic carbocycles. The molecule has 1 atom stereocenters. The van der Waals surface area contributed by atoms with Crippen molar-refractivity contribution in [3.8, 4) is 0 Å². The first kappa shape index (κ1) is 15.2. The van der Waals surface area contributed by atoms with Gasteiger partial charge in [0.1, 0.15) is 0 Å². The van der Waals surface area contributed by atoms with E-state index in [4.69, 9.17) is 0 Å². The van der Waals surface area contributed by atoms with Crippen LogP contribution in [0.4, 0.5) is 0 Å². The van der Waals surface area contributed by atoms with E-state index in [-0.39, 0.29) is 0 Å². The highest BCUT2D eigenvalue weighted by Crippen LogP contribution is 2.26. The van der Waals surface area contributed by atoms with Crippen molar-refractivity contribution in [2.24, 2.45) is 5.92 Å². The molecular weight excluding hydrogens is 220 g/mol. The lowest BCUT2D eigenvalue weighted by Crippen LogP contribution is -2.25. The third-order valence-electron chi connectivity index (χ3n) is 3.80. The Bertz CT molecular complexity index is 332. The van der Waals surface area contributed by atoms with Crippen LogP contribution in [0.2, 0.25) is 0 Å². The van der Waals surface area contributed by atoms with Crippen molar-refractivity contribution in [1.29, 1.82) is 0 Å². The summed E-state index contributed by atoms with van der Waals surface area (Å²) in [4.78, 5) is 4.20. The highest BCUT2D eigenvalue weighted by atomic mass is 14.9. The monoisotopic (exact) mass is 248 g/mol. The Balaban J connectivity index is 2.80. The minimum absolute atomic E-state index is 0.484. The molecule has 0 aliphatic carbocycles. The highest BCUT2D eigenvalue weighted by molar-refractivity contribution is 5.25. The fraction of sp³-hybridized carbons (Fsp3) is 0.688. The Labute approximate surface area is 112 Å². The molecule has 0 radical (unpaired) electrons. The van der Waals surface area contributed by atoms with E-state index < -0.39 is 0 Å². The van der Waals surface area contributed by atoms with Crippen molar-refractivity contribution < 1.29 is 0 Å². The largest absolute Gasteiger partial charge is 0.310 e. The predicted molar refractivity (Wildman–Crippen MR) is 78.7 cm³/mol. The Morgan fingerprint density at radius 1 is 1.22 bits per heavy atom. The third kappa shape index (κ3) is 4.41. The van der Waals surface area contributed by atoms with Crippen molar-refractivity contribution >= 4 is 0 Å². The fourth-order valence-corrected chi connectivity index (χ4v) is 2.47. The van der Waals surface area contributed by atoms with Gasteiger partial charge in [0.15, 0.2) is 0 Å². The number of nitrogens with one attached hydrogen (secondary N) is 1. The number of aryl methyl sites for hydroxylation is 1. The van der Waals surface area contributed by atoms with E-state index in [0.717, 1.165) is 12.5 Å². The Morgan fingerprint density at radius 3 is 2.50 bits per heavy atom. The zero-order valence-electron chi connectivity index (χ0n) is 12.4. The van der Waals surface area contributed by atoms with E-state index >= 15 is 0 Å². The van der Waals surface area contributed by atoms with Gasteiger partial charge in [-0.1, -0.05) is 33.6 Å². The number of rotatable bonds is 8. The van der Waals surface area contributed by atoms with Gasteiger partial charge in [-0.05, 0) is 49.4 Å². The second-order valence-corrected chi connectivity index (χ2v) is 5.16. The maximum Gasteiger partial charge on any atom is 0.0326 e. The molecule has 102 valence electrons. The van der Waals surface area contributed by atoms with Crippen LogP contribution in [-0.4, -0.2) is 11.5 Å². The maximum absolute atomic E-state index is 4.20. The number of aromatic nitrogens is 1. The molecule has 0 fully saturated rings. The van der Waals surface area contributed by atoms with Crippen LogP contribution in [0.1, 0.15) is 63.6 Å². The molecule has 0 bridgehead atoms. The topological polar surface area (TPSA) is 24.9 Å². The van der Waals surface area contributed by atoms with E-state index in [9.17, 15) is 0 Å². The van der Waals surface area contributed by atoms with Gasteiger partial charge in [0.2, 0.25) is 0 Å². The zero-order valence-corrected chi connectivity index (χ0v) is 12.4. The van der Waals surface area contributed by atoms with Gasteiger partial charge in [-0.2, -0.15) is 0 Å². The van der Waals surface area contributed by atoms with Gasteiger partial charge in [-0.15, -0.1) is 0 Å². The Morgan fingerprint density at radius 2 is 1.94 bits per heavy atom. The van der Waals surface area contributed by atoms with Gasteiger partial charge in [-0.3, -0.25) is 4.98 Å². The van der Waals surface area contributed by atoms with Gasteiger partial charge in [-0.25, -0.2) is 0 Å². The van der Waals surface area contributed by atoms with Crippen molar-refractivity contribution in [2.75, 3.05) is 6.54 Å². The summed E-state index contributed by atoms with van der Waals surface area (Å²) in [5.41, 5.74) is 2.72. The lowest BCUT2D eigenvalue weighted by atomic mass is 9.90. The summed E-state index contributed by atoms with van der Waals surface area (Å²) in [6, 6.07) is 2.66. The minimum Gasteiger partial charge on any atom is -0.310 e.